The van der Waals surface area contributed by atoms with Gasteiger partial charge < -0.3 is 5.32 Å². The molecule has 0 saturated heterocycles. The molecule has 0 aliphatic heterocycles. The Balaban J connectivity index is 1.63. The van der Waals surface area contributed by atoms with Gasteiger partial charge in [-0.1, -0.05) is 35.9 Å². The summed E-state index contributed by atoms with van der Waals surface area (Å²) >= 11 is 6.08. The van der Waals surface area contributed by atoms with Crippen LogP contribution in [0.3, 0.4) is 0 Å². The minimum atomic E-state index is -0.243. The third-order valence-corrected chi connectivity index (χ3v) is 4.10. The van der Waals surface area contributed by atoms with Gasteiger partial charge in [0.05, 0.1) is 11.9 Å². The second kappa shape index (κ2) is 6.53. The highest BCUT2D eigenvalue weighted by atomic mass is 35.5. The van der Waals surface area contributed by atoms with Crippen LogP contribution in [0.5, 0.6) is 0 Å². The van der Waals surface area contributed by atoms with Gasteiger partial charge in [-0.15, -0.1) is 5.10 Å². The Kier molecular flexibility index (Phi) is 4.07. The molecule has 4 rings (SSSR count). The third kappa shape index (κ3) is 3.32. The van der Waals surface area contributed by atoms with Gasteiger partial charge in [0.1, 0.15) is 11.6 Å². The molecule has 124 valence electrons. The number of aromatic nitrogens is 3. The second-order valence-corrected chi connectivity index (χ2v) is 6.06. The summed E-state index contributed by atoms with van der Waals surface area (Å²) in [6, 6.07) is 17.7. The summed E-state index contributed by atoms with van der Waals surface area (Å²) in [6.45, 7) is 0.556. The lowest BCUT2D eigenvalue weighted by atomic mass is 10.2. The molecule has 0 atom stereocenters. The number of nitrogens with zero attached hydrogens (tertiary/aromatic N) is 3. The van der Waals surface area contributed by atoms with Crippen LogP contribution >= 0.6 is 11.6 Å². The van der Waals surface area contributed by atoms with Gasteiger partial charge in [0.2, 0.25) is 0 Å². The van der Waals surface area contributed by atoms with Gasteiger partial charge >= 0.3 is 0 Å². The molecule has 0 fully saturated rings. The molecule has 1 N–H and O–H groups in total. The third-order valence-electron chi connectivity index (χ3n) is 3.87. The number of benzene rings is 2. The molecule has 0 radical (unpaired) electrons. The fourth-order valence-corrected chi connectivity index (χ4v) is 2.80. The van der Waals surface area contributed by atoms with Crippen molar-refractivity contribution in [3.8, 4) is 11.3 Å². The topological polar surface area (TPSA) is 42.2 Å². The van der Waals surface area contributed by atoms with E-state index in [0.29, 0.717) is 17.4 Å². The molecular weight excluding hydrogens is 339 g/mol. The lowest BCUT2D eigenvalue weighted by Gasteiger charge is -2.07. The molecular formula is C19H14ClFN4. The van der Waals surface area contributed by atoms with Gasteiger partial charge in [-0.3, -0.25) is 0 Å². The molecule has 0 aliphatic rings. The van der Waals surface area contributed by atoms with Crippen LogP contribution < -0.4 is 5.32 Å². The number of imidazole rings is 1. The average molecular weight is 353 g/mol. The van der Waals surface area contributed by atoms with E-state index in [-0.39, 0.29) is 5.82 Å². The molecule has 0 saturated carbocycles. The quantitative estimate of drug-likeness (QED) is 0.573. The van der Waals surface area contributed by atoms with Crippen LogP contribution in [0.15, 0.2) is 66.9 Å². The highest BCUT2D eigenvalue weighted by molar-refractivity contribution is 6.30. The fraction of sp³-hybridized carbons (Fsp3) is 0.0526. The molecule has 6 heteroatoms. The maximum atomic E-state index is 13.0. The fourth-order valence-electron chi connectivity index (χ4n) is 2.61. The highest BCUT2D eigenvalue weighted by Crippen LogP contribution is 2.23. The van der Waals surface area contributed by atoms with Crippen molar-refractivity contribution in [1.82, 2.24) is 14.6 Å². The monoisotopic (exact) mass is 352 g/mol. The van der Waals surface area contributed by atoms with Crippen molar-refractivity contribution in [2.75, 3.05) is 5.32 Å². The van der Waals surface area contributed by atoms with Gasteiger partial charge in [0.25, 0.3) is 0 Å². The smallest absolute Gasteiger partial charge is 0.154 e. The van der Waals surface area contributed by atoms with Gasteiger partial charge in [-0.25, -0.2) is 13.9 Å². The average Bonchev–Trinajstić information content (AvgIpc) is 3.04. The molecule has 2 aromatic heterocycles. The molecule has 0 aliphatic carbocycles. The van der Waals surface area contributed by atoms with Crippen LogP contribution in [0.25, 0.3) is 16.9 Å². The summed E-state index contributed by atoms with van der Waals surface area (Å²) in [5.74, 6) is 0.464. The Morgan fingerprint density at radius 2 is 1.88 bits per heavy atom. The number of hydrogen-bond acceptors (Lipinski definition) is 3. The highest BCUT2D eigenvalue weighted by Gasteiger charge is 2.08. The van der Waals surface area contributed by atoms with Crippen molar-refractivity contribution in [3.05, 3.63) is 83.3 Å². The van der Waals surface area contributed by atoms with Gasteiger partial charge in [0, 0.05) is 17.1 Å². The van der Waals surface area contributed by atoms with E-state index in [4.69, 9.17) is 11.6 Å². The van der Waals surface area contributed by atoms with Crippen LogP contribution in [-0.2, 0) is 6.54 Å². The molecule has 25 heavy (non-hydrogen) atoms. The Morgan fingerprint density at radius 1 is 1.04 bits per heavy atom. The lowest BCUT2D eigenvalue weighted by molar-refractivity contribution is 0.627. The van der Waals surface area contributed by atoms with E-state index in [1.165, 1.54) is 12.1 Å². The summed E-state index contributed by atoms with van der Waals surface area (Å²) in [6.07, 6.45) is 1.78. The van der Waals surface area contributed by atoms with E-state index in [1.807, 2.05) is 36.4 Å². The van der Waals surface area contributed by atoms with E-state index in [2.05, 4.69) is 15.4 Å². The first-order valence-corrected chi connectivity index (χ1v) is 8.16. The molecule has 0 amide bonds. The summed E-state index contributed by atoms with van der Waals surface area (Å²) in [7, 11) is 0. The van der Waals surface area contributed by atoms with Crippen LogP contribution in [0.4, 0.5) is 10.2 Å². The Labute approximate surface area is 148 Å². The van der Waals surface area contributed by atoms with Gasteiger partial charge in [0.15, 0.2) is 5.65 Å². The van der Waals surface area contributed by atoms with E-state index >= 15 is 0 Å². The van der Waals surface area contributed by atoms with Gasteiger partial charge in [-0.05, 0) is 42.0 Å². The number of rotatable bonds is 4. The summed E-state index contributed by atoms with van der Waals surface area (Å²) in [5.41, 5.74) is 3.54. The van der Waals surface area contributed by atoms with E-state index in [9.17, 15) is 4.39 Å². The number of nitrogens with one attached hydrogen (secondary N) is 1. The lowest BCUT2D eigenvalue weighted by Crippen LogP contribution is -2.04. The van der Waals surface area contributed by atoms with Crippen molar-refractivity contribution < 1.29 is 4.39 Å². The number of halogens is 2. The molecule has 2 aromatic carbocycles. The van der Waals surface area contributed by atoms with E-state index < -0.39 is 0 Å². The van der Waals surface area contributed by atoms with Crippen LogP contribution in [0.1, 0.15) is 5.56 Å². The van der Waals surface area contributed by atoms with E-state index in [1.54, 1.807) is 22.8 Å². The maximum Gasteiger partial charge on any atom is 0.154 e. The van der Waals surface area contributed by atoms with Gasteiger partial charge in [-0.2, -0.15) is 0 Å². The second-order valence-electron chi connectivity index (χ2n) is 5.62. The normalized spacial score (nSPS) is 11.0. The van der Waals surface area contributed by atoms with Crippen molar-refractivity contribution >= 4 is 23.1 Å². The Hall–Kier alpha value is -2.92. The predicted octanol–water partition coefficient (Wildman–Crippen LogP) is 4.80. The predicted molar refractivity (Wildman–Crippen MR) is 97.2 cm³/mol. The molecule has 4 aromatic rings. The van der Waals surface area contributed by atoms with Crippen molar-refractivity contribution in [2.24, 2.45) is 0 Å². The standard InChI is InChI=1S/C19H14ClFN4/c20-15-3-1-2-14(10-15)17-12-23-19-9-8-18(24-25(17)19)22-11-13-4-6-16(21)7-5-13/h1-10,12H,11H2,(H,22,24). The summed E-state index contributed by atoms with van der Waals surface area (Å²) in [4.78, 5) is 4.38. The Morgan fingerprint density at radius 3 is 2.68 bits per heavy atom. The first-order chi connectivity index (χ1) is 12.2. The summed E-state index contributed by atoms with van der Waals surface area (Å²) < 4.78 is 14.7. The molecule has 2 heterocycles. The van der Waals surface area contributed by atoms with E-state index in [0.717, 1.165) is 22.5 Å². The molecule has 0 bridgehead atoms. The molecule has 0 spiro atoms. The Bertz CT molecular complexity index is 1030. The van der Waals surface area contributed by atoms with Crippen LogP contribution in [0, 0.1) is 5.82 Å². The minimum absolute atomic E-state index is 0.243. The van der Waals surface area contributed by atoms with Crippen molar-refractivity contribution in [3.63, 3.8) is 0 Å². The molecule has 0 unspecified atom stereocenters. The number of fused-ring (bicyclic) bond motifs is 1. The molecule has 4 nitrogen and oxygen atoms in total. The zero-order valence-corrected chi connectivity index (χ0v) is 13.9. The first-order valence-electron chi connectivity index (χ1n) is 7.78. The SMILES string of the molecule is Fc1ccc(CNc2ccc3ncc(-c4cccc(Cl)c4)n3n2)cc1. The van der Waals surface area contributed by atoms with Crippen LogP contribution in [-0.4, -0.2) is 14.6 Å². The van der Waals surface area contributed by atoms with Crippen LogP contribution in [0.2, 0.25) is 5.02 Å². The number of anilines is 1. The first kappa shape index (κ1) is 15.6. The zero-order chi connectivity index (χ0) is 17.2. The van der Waals surface area contributed by atoms with Crippen molar-refractivity contribution in [2.45, 2.75) is 6.54 Å². The zero-order valence-electron chi connectivity index (χ0n) is 13.2. The maximum absolute atomic E-state index is 13.0. The largest absolute Gasteiger partial charge is 0.365 e. The summed E-state index contributed by atoms with van der Waals surface area (Å²) in [5, 5.41) is 8.51. The number of hydrogen-bond donors (Lipinski definition) is 1. The minimum Gasteiger partial charge on any atom is -0.365 e. The van der Waals surface area contributed by atoms with Crippen molar-refractivity contribution in [1.29, 1.82) is 0 Å².